The molecular weight excluding hydrogens is 365 g/mol. The van der Waals surface area contributed by atoms with E-state index in [-0.39, 0.29) is 11.4 Å². The fourth-order valence-electron chi connectivity index (χ4n) is 1.50. The number of carbonyl (C=O) groups excluding carboxylic acids is 1. The van der Waals surface area contributed by atoms with Crippen molar-refractivity contribution in [2.24, 2.45) is 0 Å². The second-order valence-electron chi connectivity index (χ2n) is 4.04. The van der Waals surface area contributed by atoms with Gasteiger partial charge in [-0.25, -0.2) is 22.0 Å². The minimum absolute atomic E-state index is 0.0302. The highest BCUT2D eigenvalue weighted by Gasteiger charge is 2.29. The van der Waals surface area contributed by atoms with Gasteiger partial charge in [-0.2, -0.15) is 0 Å². The Labute approximate surface area is 125 Å². The number of ether oxygens (including phenoxy) is 1. The molecule has 1 N–H and O–H groups in total. The van der Waals surface area contributed by atoms with Crippen LogP contribution in [0.5, 0.6) is 0 Å². The predicted molar refractivity (Wildman–Crippen MR) is 67.8 cm³/mol. The standard InChI is InChI=1S/C12H11BrF5NO2/c1-21-4-5(13)2-3-19-12(20)6-7(14)9(16)11(18)10(17)8(6)15/h5H,2-4H2,1H3,(H,19,20). The molecular formula is C12H11BrF5NO2. The average Bonchev–Trinajstić information content (AvgIpc) is 2.43. The van der Waals surface area contributed by atoms with Crippen LogP contribution in [0, 0.1) is 29.1 Å². The number of rotatable bonds is 6. The van der Waals surface area contributed by atoms with Crippen LogP contribution in [0.2, 0.25) is 0 Å². The zero-order valence-electron chi connectivity index (χ0n) is 10.8. The number of methoxy groups -OCH3 is 1. The van der Waals surface area contributed by atoms with E-state index in [9.17, 15) is 26.7 Å². The molecule has 0 spiro atoms. The highest BCUT2D eigenvalue weighted by Crippen LogP contribution is 2.22. The number of benzene rings is 1. The highest BCUT2D eigenvalue weighted by atomic mass is 79.9. The number of nitrogens with one attached hydrogen (secondary N) is 1. The van der Waals surface area contributed by atoms with Crippen LogP contribution in [-0.4, -0.2) is 31.0 Å². The third kappa shape index (κ3) is 4.13. The lowest BCUT2D eigenvalue weighted by molar-refractivity contribution is 0.0940. The first-order valence-corrected chi connectivity index (χ1v) is 6.65. The van der Waals surface area contributed by atoms with Crippen molar-refractivity contribution < 1.29 is 31.5 Å². The Hall–Kier alpha value is -1.22. The van der Waals surface area contributed by atoms with E-state index in [0.29, 0.717) is 13.0 Å². The number of halogens is 6. The van der Waals surface area contributed by atoms with E-state index >= 15 is 0 Å². The molecule has 0 saturated carbocycles. The molecule has 21 heavy (non-hydrogen) atoms. The Kier molecular flexibility index (Phi) is 6.53. The van der Waals surface area contributed by atoms with E-state index in [0.717, 1.165) is 0 Å². The van der Waals surface area contributed by atoms with Gasteiger partial charge in [-0.1, -0.05) is 15.9 Å². The molecule has 0 saturated heterocycles. The number of carbonyl (C=O) groups is 1. The second kappa shape index (κ2) is 7.69. The Balaban J connectivity index is 2.84. The van der Waals surface area contributed by atoms with Gasteiger partial charge in [0.15, 0.2) is 23.3 Å². The summed E-state index contributed by atoms with van der Waals surface area (Å²) in [6, 6.07) is 0. The first kappa shape index (κ1) is 17.8. The zero-order chi connectivity index (χ0) is 16.2. The molecule has 1 amide bonds. The molecule has 0 bridgehead atoms. The Morgan fingerprint density at radius 2 is 1.57 bits per heavy atom. The van der Waals surface area contributed by atoms with E-state index in [2.05, 4.69) is 21.2 Å². The van der Waals surface area contributed by atoms with Gasteiger partial charge in [-0.15, -0.1) is 0 Å². The summed E-state index contributed by atoms with van der Waals surface area (Å²) in [5, 5.41) is 2.08. The molecule has 1 atom stereocenters. The SMILES string of the molecule is COCC(Br)CCNC(=O)c1c(F)c(F)c(F)c(F)c1F. The van der Waals surface area contributed by atoms with Crippen LogP contribution in [0.15, 0.2) is 0 Å². The van der Waals surface area contributed by atoms with E-state index in [4.69, 9.17) is 4.74 Å². The topological polar surface area (TPSA) is 38.3 Å². The minimum Gasteiger partial charge on any atom is -0.384 e. The lowest BCUT2D eigenvalue weighted by Crippen LogP contribution is -2.29. The summed E-state index contributed by atoms with van der Waals surface area (Å²) >= 11 is 3.21. The van der Waals surface area contributed by atoms with Crippen molar-refractivity contribution in [3.8, 4) is 0 Å². The van der Waals surface area contributed by atoms with Crippen LogP contribution in [-0.2, 0) is 4.74 Å². The summed E-state index contributed by atoms with van der Waals surface area (Å²) in [7, 11) is 1.46. The minimum atomic E-state index is -2.30. The van der Waals surface area contributed by atoms with Crippen molar-refractivity contribution >= 4 is 21.8 Å². The molecule has 0 aliphatic rings. The lowest BCUT2D eigenvalue weighted by atomic mass is 10.1. The zero-order valence-corrected chi connectivity index (χ0v) is 12.4. The van der Waals surface area contributed by atoms with Gasteiger partial charge in [-0.3, -0.25) is 4.79 Å². The number of hydrogen-bond donors (Lipinski definition) is 1. The van der Waals surface area contributed by atoms with Crippen LogP contribution in [0.25, 0.3) is 0 Å². The molecule has 1 rings (SSSR count). The molecule has 0 radical (unpaired) electrons. The summed E-state index contributed by atoms with van der Waals surface area (Å²) in [5.74, 6) is -12.3. The summed E-state index contributed by atoms with van der Waals surface area (Å²) < 4.78 is 70.2. The summed E-state index contributed by atoms with van der Waals surface area (Å²) in [5.41, 5.74) is -1.50. The van der Waals surface area contributed by atoms with Crippen molar-refractivity contribution in [1.82, 2.24) is 5.32 Å². The van der Waals surface area contributed by atoms with Gasteiger partial charge in [0.05, 0.1) is 6.61 Å². The fraction of sp³-hybridized carbons (Fsp3) is 0.417. The smallest absolute Gasteiger partial charge is 0.257 e. The first-order valence-electron chi connectivity index (χ1n) is 5.73. The Morgan fingerprint density at radius 1 is 1.10 bits per heavy atom. The fourth-order valence-corrected chi connectivity index (χ4v) is 1.99. The molecule has 9 heteroatoms. The van der Waals surface area contributed by atoms with Gasteiger partial charge < -0.3 is 10.1 Å². The molecule has 0 fully saturated rings. The maximum atomic E-state index is 13.3. The van der Waals surface area contributed by atoms with Crippen LogP contribution < -0.4 is 5.32 Å². The Bertz CT molecular complexity index is 512. The molecule has 0 aromatic heterocycles. The molecule has 1 unspecified atom stereocenters. The summed E-state index contributed by atoms with van der Waals surface area (Å²) in [6.45, 7) is 0.302. The van der Waals surface area contributed by atoms with Gasteiger partial charge in [0.1, 0.15) is 5.56 Å². The number of hydrogen-bond acceptors (Lipinski definition) is 2. The van der Waals surface area contributed by atoms with Gasteiger partial charge in [0.2, 0.25) is 5.82 Å². The third-order valence-corrected chi connectivity index (χ3v) is 3.25. The largest absolute Gasteiger partial charge is 0.384 e. The molecule has 0 aliphatic carbocycles. The van der Waals surface area contributed by atoms with Crippen LogP contribution >= 0.6 is 15.9 Å². The third-order valence-electron chi connectivity index (χ3n) is 2.53. The van der Waals surface area contributed by atoms with E-state index < -0.39 is 40.6 Å². The van der Waals surface area contributed by atoms with Crippen molar-refractivity contribution in [3.63, 3.8) is 0 Å². The van der Waals surface area contributed by atoms with E-state index in [1.165, 1.54) is 7.11 Å². The monoisotopic (exact) mass is 375 g/mol. The first-order chi connectivity index (χ1) is 9.81. The van der Waals surface area contributed by atoms with Crippen LogP contribution in [0.1, 0.15) is 16.8 Å². The molecule has 118 valence electrons. The van der Waals surface area contributed by atoms with Gasteiger partial charge in [0.25, 0.3) is 5.91 Å². The van der Waals surface area contributed by atoms with Gasteiger partial charge in [0, 0.05) is 18.5 Å². The highest BCUT2D eigenvalue weighted by molar-refractivity contribution is 9.09. The maximum Gasteiger partial charge on any atom is 0.257 e. The summed E-state index contributed by atoms with van der Waals surface area (Å²) in [4.78, 5) is 11.4. The van der Waals surface area contributed by atoms with Crippen LogP contribution in [0.3, 0.4) is 0 Å². The van der Waals surface area contributed by atoms with Crippen molar-refractivity contribution in [2.75, 3.05) is 20.3 Å². The van der Waals surface area contributed by atoms with E-state index in [1.54, 1.807) is 0 Å². The normalized spacial score (nSPS) is 12.3. The quantitative estimate of drug-likeness (QED) is 0.359. The molecule has 1 aromatic rings. The molecule has 3 nitrogen and oxygen atoms in total. The van der Waals surface area contributed by atoms with E-state index in [1.807, 2.05) is 0 Å². The van der Waals surface area contributed by atoms with Crippen molar-refractivity contribution in [1.29, 1.82) is 0 Å². The average molecular weight is 376 g/mol. The van der Waals surface area contributed by atoms with Gasteiger partial charge >= 0.3 is 0 Å². The number of amides is 1. The van der Waals surface area contributed by atoms with Gasteiger partial charge in [-0.05, 0) is 6.42 Å². The molecule has 1 aromatic carbocycles. The second-order valence-corrected chi connectivity index (χ2v) is 5.34. The van der Waals surface area contributed by atoms with Crippen molar-refractivity contribution in [3.05, 3.63) is 34.6 Å². The number of alkyl halides is 1. The lowest BCUT2D eigenvalue weighted by Gasteiger charge is -2.11. The van der Waals surface area contributed by atoms with Crippen molar-refractivity contribution in [2.45, 2.75) is 11.2 Å². The molecule has 0 heterocycles. The maximum absolute atomic E-state index is 13.3. The predicted octanol–water partition coefficient (Wildman–Crippen LogP) is 2.91. The molecule has 0 aliphatic heterocycles. The Morgan fingerprint density at radius 3 is 2.05 bits per heavy atom. The summed E-state index contributed by atoms with van der Waals surface area (Å²) in [6.07, 6.45) is 0.342. The van der Waals surface area contributed by atoms with Crippen LogP contribution in [0.4, 0.5) is 22.0 Å².